The molecule has 2 aromatic carbocycles. The van der Waals surface area contributed by atoms with Crippen LogP contribution in [0, 0.1) is 12.7 Å². The van der Waals surface area contributed by atoms with E-state index in [2.05, 4.69) is 10.3 Å². The summed E-state index contributed by atoms with van der Waals surface area (Å²) >= 11 is 0. The Kier molecular flexibility index (Phi) is 7.04. The van der Waals surface area contributed by atoms with Gasteiger partial charge in [0.2, 0.25) is 0 Å². The Morgan fingerprint density at radius 2 is 1.90 bits per heavy atom. The molecule has 8 nitrogen and oxygen atoms in total. The van der Waals surface area contributed by atoms with Crippen LogP contribution in [0.25, 0.3) is 11.2 Å². The van der Waals surface area contributed by atoms with E-state index in [1.54, 1.807) is 17.2 Å². The minimum absolute atomic E-state index is 0.0922. The molecule has 0 radical (unpaired) electrons. The van der Waals surface area contributed by atoms with Gasteiger partial charge in [0, 0.05) is 31.7 Å². The van der Waals surface area contributed by atoms with Crippen molar-refractivity contribution in [1.82, 2.24) is 24.9 Å². The third-order valence-corrected chi connectivity index (χ3v) is 8.36. The maximum absolute atomic E-state index is 15.1. The van der Waals surface area contributed by atoms with Gasteiger partial charge in [-0.3, -0.25) is 9.59 Å². The Labute approximate surface area is 231 Å². The number of hydrogen-bond acceptors (Lipinski definition) is 5. The molecular formula is C31H32FN5O3. The summed E-state index contributed by atoms with van der Waals surface area (Å²) < 4.78 is 16.9. The molecule has 1 atom stereocenters. The number of aliphatic carboxylic acids is 1. The van der Waals surface area contributed by atoms with Crippen molar-refractivity contribution in [3.63, 3.8) is 0 Å². The molecule has 4 aromatic rings. The summed E-state index contributed by atoms with van der Waals surface area (Å²) in [5.74, 6) is -2.16. The van der Waals surface area contributed by atoms with Crippen LogP contribution in [0.2, 0.25) is 0 Å². The minimum atomic E-state index is -0.914. The first-order chi connectivity index (χ1) is 19.4. The Hall–Kier alpha value is -4.14. The molecule has 1 N–H and O–H groups in total. The summed E-state index contributed by atoms with van der Waals surface area (Å²) in [6, 6.07) is 11.0. The Balaban J connectivity index is 1.42. The summed E-state index contributed by atoms with van der Waals surface area (Å²) in [7, 11) is 0. The summed E-state index contributed by atoms with van der Waals surface area (Å²) in [6.45, 7) is 3.48. The molecule has 206 valence electrons. The van der Waals surface area contributed by atoms with Crippen molar-refractivity contribution in [2.24, 2.45) is 0 Å². The first-order valence-electron chi connectivity index (χ1n) is 14.0. The van der Waals surface area contributed by atoms with Crippen molar-refractivity contribution < 1.29 is 19.1 Å². The van der Waals surface area contributed by atoms with Gasteiger partial charge in [0.05, 0.1) is 12.0 Å². The van der Waals surface area contributed by atoms with E-state index in [1.807, 2.05) is 35.9 Å². The van der Waals surface area contributed by atoms with E-state index in [0.29, 0.717) is 37.2 Å². The van der Waals surface area contributed by atoms with E-state index in [4.69, 9.17) is 4.98 Å². The molecule has 0 saturated heterocycles. The second-order valence-corrected chi connectivity index (χ2v) is 11.0. The molecule has 9 heteroatoms. The number of carbonyl (C=O) groups is 2. The van der Waals surface area contributed by atoms with Gasteiger partial charge in [0.25, 0.3) is 5.91 Å². The number of halogens is 1. The zero-order chi connectivity index (χ0) is 27.8. The number of carboxylic acid groups (broad SMARTS) is 1. The Bertz CT molecular complexity index is 1610. The fourth-order valence-corrected chi connectivity index (χ4v) is 6.10. The van der Waals surface area contributed by atoms with Gasteiger partial charge in [-0.15, -0.1) is 5.10 Å². The zero-order valence-corrected chi connectivity index (χ0v) is 22.6. The van der Waals surface area contributed by atoms with Crippen LogP contribution in [0.1, 0.15) is 81.8 Å². The average Bonchev–Trinajstić information content (AvgIpc) is 3.36. The van der Waals surface area contributed by atoms with Gasteiger partial charge in [-0.1, -0.05) is 42.3 Å². The highest BCUT2D eigenvalue weighted by atomic mass is 19.1. The molecule has 1 unspecified atom stereocenters. The van der Waals surface area contributed by atoms with Crippen molar-refractivity contribution in [3.05, 3.63) is 87.4 Å². The van der Waals surface area contributed by atoms with Gasteiger partial charge in [0.1, 0.15) is 11.3 Å². The summed E-state index contributed by atoms with van der Waals surface area (Å²) in [4.78, 5) is 31.7. The van der Waals surface area contributed by atoms with E-state index in [1.165, 1.54) is 6.07 Å². The molecule has 0 saturated carbocycles. The molecule has 0 fully saturated rings. The van der Waals surface area contributed by atoms with Crippen molar-refractivity contribution in [3.8, 4) is 0 Å². The normalized spacial score (nSPS) is 17.9. The van der Waals surface area contributed by atoms with Gasteiger partial charge >= 0.3 is 5.97 Å². The van der Waals surface area contributed by atoms with Gasteiger partial charge < -0.3 is 10.0 Å². The van der Waals surface area contributed by atoms with Crippen molar-refractivity contribution in [2.75, 3.05) is 6.54 Å². The number of amides is 1. The zero-order valence-electron chi connectivity index (χ0n) is 22.6. The van der Waals surface area contributed by atoms with Crippen LogP contribution in [0.3, 0.4) is 0 Å². The molecule has 1 amide bonds. The van der Waals surface area contributed by atoms with Crippen molar-refractivity contribution in [2.45, 2.75) is 70.9 Å². The lowest BCUT2D eigenvalue weighted by Gasteiger charge is -2.30. The molecule has 7 heterocycles. The van der Waals surface area contributed by atoms with Gasteiger partial charge in [0.15, 0.2) is 5.65 Å². The van der Waals surface area contributed by atoms with Crippen LogP contribution in [-0.4, -0.2) is 48.4 Å². The number of aryl methyl sites for hydroxylation is 3. The number of benzene rings is 2. The monoisotopic (exact) mass is 541 g/mol. The smallest absolute Gasteiger partial charge is 0.304 e. The highest BCUT2D eigenvalue weighted by Crippen LogP contribution is 2.35. The lowest BCUT2D eigenvalue weighted by Crippen LogP contribution is -2.36. The summed E-state index contributed by atoms with van der Waals surface area (Å²) in [5.41, 5.74) is 6.95. The molecule has 9 bridgehead atoms. The fourth-order valence-electron chi connectivity index (χ4n) is 6.10. The lowest BCUT2D eigenvalue weighted by molar-refractivity contribution is -0.137. The van der Waals surface area contributed by atoms with Crippen LogP contribution in [0.15, 0.2) is 42.6 Å². The molecule has 0 spiro atoms. The Morgan fingerprint density at radius 1 is 1.05 bits per heavy atom. The first kappa shape index (κ1) is 26.1. The van der Waals surface area contributed by atoms with Crippen LogP contribution >= 0.6 is 0 Å². The molecular weight excluding hydrogens is 509 g/mol. The van der Waals surface area contributed by atoms with Gasteiger partial charge in [-0.05, 0) is 78.1 Å². The topological polar surface area (TPSA) is 101 Å². The molecule has 5 aliphatic heterocycles. The minimum Gasteiger partial charge on any atom is -0.481 e. The average molecular weight is 542 g/mol. The summed E-state index contributed by atoms with van der Waals surface area (Å²) in [5, 5.41) is 18.6. The highest BCUT2D eigenvalue weighted by molar-refractivity contribution is 5.94. The largest absolute Gasteiger partial charge is 0.481 e. The molecule has 0 aliphatic carbocycles. The van der Waals surface area contributed by atoms with Crippen LogP contribution in [0.5, 0.6) is 0 Å². The predicted molar refractivity (Wildman–Crippen MR) is 148 cm³/mol. The number of aromatic nitrogens is 4. The highest BCUT2D eigenvalue weighted by Gasteiger charge is 2.27. The number of nitrogens with zero attached hydrogens (tertiary/aromatic N) is 5. The number of pyridine rings is 1. The molecule has 2 aromatic heterocycles. The molecule has 5 aliphatic rings. The number of carbonyl (C=O) groups excluding carboxylic acids is 1. The van der Waals surface area contributed by atoms with Crippen molar-refractivity contribution >= 4 is 23.0 Å². The van der Waals surface area contributed by atoms with E-state index >= 15 is 4.39 Å². The maximum atomic E-state index is 15.1. The molecule has 40 heavy (non-hydrogen) atoms. The quantitative estimate of drug-likeness (QED) is 0.375. The number of hydrogen-bond donors (Lipinski definition) is 1. The number of rotatable bonds is 2. The van der Waals surface area contributed by atoms with Crippen molar-refractivity contribution in [1.29, 1.82) is 0 Å². The SMILES string of the molecule is Cc1c2cnc3c1nnn3CCCCCCc1ccc(c(F)c1)C(=O)N1CCc3ccc(cc3C1)C2CC(=O)O. The van der Waals surface area contributed by atoms with E-state index in [9.17, 15) is 14.7 Å². The fraction of sp³-hybridized carbons (Fsp3) is 0.387. The first-order valence-corrected chi connectivity index (χ1v) is 14.0. The Morgan fingerprint density at radius 3 is 2.73 bits per heavy atom. The van der Waals surface area contributed by atoms with Gasteiger partial charge in [-0.25, -0.2) is 14.1 Å². The number of carboxylic acids is 1. The van der Waals surface area contributed by atoms with Crippen LogP contribution in [0.4, 0.5) is 4.39 Å². The third kappa shape index (κ3) is 4.96. The predicted octanol–water partition coefficient (Wildman–Crippen LogP) is 5.20. The third-order valence-electron chi connectivity index (χ3n) is 8.36. The van der Waals surface area contributed by atoms with Crippen LogP contribution in [-0.2, 0) is 30.7 Å². The van der Waals surface area contributed by atoms with E-state index in [0.717, 1.165) is 65.5 Å². The molecule has 9 rings (SSSR count). The second kappa shape index (κ2) is 10.8. The van der Waals surface area contributed by atoms with E-state index in [-0.39, 0.29) is 17.9 Å². The lowest BCUT2D eigenvalue weighted by atomic mass is 9.84. The standard InChI is InChI=1S/C31H32FN5O3/c1-19-26-17-33-30-29(19)34-35-37(30)12-5-3-2-4-6-20-7-10-24(27(32)14-20)31(40)36-13-11-21-8-9-22(15-23(21)18-36)25(26)16-28(38)39/h7-10,14-15,17,25H,2-6,11-13,16,18H2,1H3,(H,38,39). The maximum Gasteiger partial charge on any atom is 0.304 e. The second-order valence-electron chi connectivity index (χ2n) is 11.0. The van der Waals surface area contributed by atoms with E-state index < -0.39 is 17.7 Å². The van der Waals surface area contributed by atoms with Gasteiger partial charge in [-0.2, -0.15) is 0 Å². The van der Waals surface area contributed by atoms with Crippen LogP contribution < -0.4 is 0 Å². The summed E-state index contributed by atoms with van der Waals surface area (Å²) in [6.07, 6.45) is 6.90.